The predicted molar refractivity (Wildman–Crippen MR) is 225 cm³/mol. The highest BCUT2D eigenvalue weighted by atomic mass is 31.2. The molecule has 0 saturated heterocycles. The van der Waals surface area contributed by atoms with Crippen molar-refractivity contribution in [3.8, 4) is 0 Å². The maximum Gasteiger partial charge on any atom is 0.469 e. The molecule has 8 nitrogen and oxygen atoms in total. The Morgan fingerprint density at radius 1 is 0.519 bits per heavy atom. The lowest BCUT2D eigenvalue weighted by atomic mass is 10.1. The maximum atomic E-state index is 12.4. The van der Waals surface area contributed by atoms with Crippen LogP contribution in [0, 0.1) is 0 Å². The van der Waals surface area contributed by atoms with E-state index in [9.17, 15) is 14.2 Å². The van der Waals surface area contributed by atoms with Crippen molar-refractivity contribution in [2.24, 2.45) is 0 Å². The summed E-state index contributed by atoms with van der Waals surface area (Å²) in [5.41, 5.74) is 0. The molecule has 0 fully saturated rings. The average Bonchev–Trinajstić information content (AvgIpc) is 3.14. The van der Waals surface area contributed by atoms with Gasteiger partial charge in [-0.2, -0.15) is 0 Å². The van der Waals surface area contributed by atoms with Gasteiger partial charge in [-0.1, -0.05) is 169 Å². The van der Waals surface area contributed by atoms with Crippen molar-refractivity contribution < 1.29 is 37.9 Å². The molecule has 0 bridgehead atoms. The van der Waals surface area contributed by atoms with Gasteiger partial charge in [0.05, 0.1) is 6.61 Å². The van der Waals surface area contributed by atoms with E-state index in [0.717, 1.165) is 57.8 Å². The first kappa shape index (κ1) is 51.0. The topological polar surface area (TPSA) is 119 Å². The lowest BCUT2D eigenvalue weighted by molar-refractivity contribution is -0.161. The molecule has 0 aliphatic rings. The second-order valence-electron chi connectivity index (χ2n) is 13.3. The Morgan fingerprint density at radius 3 is 1.56 bits per heavy atom. The zero-order valence-electron chi connectivity index (χ0n) is 33.6. The summed E-state index contributed by atoms with van der Waals surface area (Å²) in [5, 5.41) is 0. The van der Waals surface area contributed by atoms with Crippen LogP contribution in [-0.2, 0) is 28.2 Å². The van der Waals surface area contributed by atoms with E-state index < -0.39 is 32.5 Å². The second-order valence-corrected chi connectivity index (χ2v) is 14.6. The predicted octanol–water partition coefficient (Wildman–Crippen LogP) is 12.6. The Kier molecular flexibility index (Phi) is 37.4. The minimum Gasteiger partial charge on any atom is -0.462 e. The summed E-state index contributed by atoms with van der Waals surface area (Å²) >= 11 is 0. The molecule has 0 unspecified atom stereocenters. The van der Waals surface area contributed by atoms with Crippen LogP contribution in [-0.4, -0.2) is 41.0 Å². The third kappa shape index (κ3) is 41.7. The molecule has 54 heavy (non-hydrogen) atoms. The fourth-order valence-corrected chi connectivity index (χ4v) is 5.50. The van der Waals surface area contributed by atoms with Gasteiger partial charge in [-0.25, -0.2) is 4.57 Å². The molecule has 0 amide bonds. The zero-order chi connectivity index (χ0) is 39.6. The summed E-state index contributed by atoms with van der Waals surface area (Å²) in [6.45, 7) is 3.46. The van der Waals surface area contributed by atoms with Crippen LogP contribution in [0.15, 0.2) is 97.2 Å². The molecule has 9 heteroatoms. The number of ether oxygens (including phenoxy) is 2. The number of carbonyl (C=O) groups is 2. The minimum atomic E-state index is -4.78. The molecule has 0 saturated carbocycles. The molecule has 0 aliphatic heterocycles. The van der Waals surface area contributed by atoms with Crippen LogP contribution in [0.5, 0.6) is 0 Å². The second kappa shape index (κ2) is 39.7. The molecule has 306 valence electrons. The van der Waals surface area contributed by atoms with Crippen molar-refractivity contribution in [1.29, 1.82) is 0 Å². The Labute approximate surface area is 328 Å². The van der Waals surface area contributed by atoms with Crippen LogP contribution in [0.4, 0.5) is 0 Å². The number of phosphoric ester groups is 1. The molecule has 0 aliphatic carbocycles. The van der Waals surface area contributed by atoms with Gasteiger partial charge in [0.15, 0.2) is 6.10 Å². The number of allylic oxidation sites excluding steroid dienone is 16. The number of hydrogen-bond acceptors (Lipinski definition) is 6. The van der Waals surface area contributed by atoms with E-state index in [1.807, 2.05) is 36.5 Å². The van der Waals surface area contributed by atoms with Crippen molar-refractivity contribution in [1.82, 2.24) is 0 Å². The Bertz CT molecular complexity index is 1190. The monoisotopic (exact) mass is 773 g/mol. The fraction of sp³-hybridized carbons (Fsp3) is 0.600. The van der Waals surface area contributed by atoms with Gasteiger partial charge in [0.1, 0.15) is 6.61 Å². The molecule has 0 spiro atoms. The Balaban J connectivity index is 4.10. The zero-order valence-corrected chi connectivity index (χ0v) is 34.5. The van der Waals surface area contributed by atoms with E-state index in [1.165, 1.54) is 51.4 Å². The molecule has 0 heterocycles. The van der Waals surface area contributed by atoms with Crippen LogP contribution >= 0.6 is 7.82 Å². The van der Waals surface area contributed by atoms with Crippen molar-refractivity contribution in [3.05, 3.63) is 97.2 Å². The number of phosphoric acid groups is 1. The number of esters is 2. The van der Waals surface area contributed by atoms with Crippen molar-refractivity contribution >= 4 is 19.8 Å². The van der Waals surface area contributed by atoms with E-state index in [-0.39, 0.29) is 19.4 Å². The largest absolute Gasteiger partial charge is 0.469 e. The summed E-state index contributed by atoms with van der Waals surface area (Å²) in [7, 11) is -4.78. The van der Waals surface area contributed by atoms with Gasteiger partial charge < -0.3 is 19.3 Å². The van der Waals surface area contributed by atoms with Crippen LogP contribution in [0.25, 0.3) is 0 Å². The Hall–Kier alpha value is -3.03. The number of carbonyl (C=O) groups excluding carboxylic acids is 2. The highest BCUT2D eigenvalue weighted by Crippen LogP contribution is 2.36. The molecule has 1 atom stereocenters. The molecular formula is C45H73O8P. The van der Waals surface area contributed by atoms with Crippen LogP contribution in [0.1, 0.15) is 155 Å². The molecule has 0 rings (SSSR count). The smallest absolute Gasteiger partial charge is 0.462 e. The normalized spacial score (nSPS) is 13.5. The van der Waals surface area contributed by atoms with E-state index in [1.54, 1.807) is 0 Å². The number of rotatable bonds is 36. The Morgan fingerprint density at radius 2 is 0.981 bits per heavy atom. The third-order valence-electron chi connectivity index (χ3n) is 8.18. The fourth-order valence-electron chi connectivity index (χ4n) is 5.14. The van der Waals surface area contributed by atoms with Gasteiger partial charge in [-0.05, 0) is 70.6 Å². The van der Waals surface area contributed by atoms with E-state index >= 15 is 0 Å². The number of unbranched alkanes of at least 4 members (excludes halogenated alkanes) is 13. The highest BCUT2D eigenvalue weighted by Gasteiger charge is 2.22. The standard InChI is InChI=1S/C45H73O8P/c1-3-5-7-9-11-13-15-17-19-20-21-22-23-24-26-28-30-32-34-36-38-40-45(47)53-43(42-52-54(48,49)50)41-51-44(46)39-37-35-33-31-29-27-25-18-16-14-12-10-8-6-4-2/h6,8,10,12,14,16,18-20,22-23,25-26,28,32,34,43H,3-5,7,9,11,13,15,17,21,24,27,29-31,33,35-42H2,1-2H3,(H2,48,49,50)/b8-6+,12-10+,16-14+,20-19+,23-22+,25-18+,28-26+,34-32+/t43-/m1/s1. The first-order chi connectivity index (χ1) is 26.3. The lowest BCUT2D eigenvalue weighted by Crippen LogP contribution is -2.29. The van der Waals surface area contributed by atoms with Crippen LogP contribution in [0.3, 0.4) is 0 Å². The molecule has 0 radical (unpaired) electrons. The molecule has 2 N–H and O–H groups in total. The average molecular weight is 773 g/mol. The third-order valence-corrected chi connectivity index (χ3v) is 8.67. The van der Waals surface area contributed by atoms with E-state index in [4.69, 9.17) is 19.3 Å². The van der Waals surface area contributed by atoms with Crippen molar-refractivity contribution in [3.63, 3.8) is 0 Å². The minimum absolute atomic E-state index is 0.125. The van der Waals surface area contributed by atoms with Gasteiger partial charge in [-0.15, -0.1) is 0 Å². The maximum absolute atomic E-state index is 12.4. The summed E-state index contributed by atoms with van der Waals surface area (Å²) < 4.78 is 26.3. The van der Waals surface area contributed by atoms with Gasteiger partial charge in [0.25, 0.3) is 0 Å². The van der Waals surface area contributed by atoms with Gasteiger partial charge >= 0.3 is 19.8 Å². The first-order valence-electron chi connectivity index (χ1n) is 20.6. The number of hydrogen-bond donors (Lipinski definition) is 2. The van der Waals surface area contributed by atoms with E-state index in [2.05, 4.69) is 79.1 Å². The highest BCUT2D eigenvalue weighted by molar-refractivity contribution is 7.46. The SMILES string of the molecule is CC/C=C/C=C/C=C/C=C/CCCCCCCC(=O)OC[C@H](COP(=O)(O)O)OC(=O)CCC/C=C/C/C=C/C/C=C/C/C=C/CCCCCCCCC. The van der Waals surface area contributed by atoms with Crippen molar-refractivity contribution in [2.45, 2.75) is 161 Å². The molecule has 0 aromatic rings. The lowest BCUT2D eigenvalue weighted by Gasteiger charge is -2.18. The molecular weight excluding hydrogens is 699 g/mol. The summed E-state index contributed by atoms with van der Waals surface area (Å²) in [4.78, 5) is 42.8. The van der Waals surface area contributed by atoms with Crippen LogP contribution < -0.4 is 0 Å². The molecule has 0 aromatic heterocycles. The first-order valence-corrected chi connectivity index (χ1v) is 22.1. The van der Waals surface area contributed by atoms with Gasteiger partial charge in [0, 0.05) is 12.8 Å². The van der Waals surface area contributed by atoms with Crippen LogP contribution in [0.2, 0.25) is 0 Å². The van der Waals surface area contributed by atoms with E-state index in [0.29, 0.717) is 19.3 Å². The summed E-state index contributed by atoms with van der Waals surface area (Å²) in [6, 6.07) is 0. The van der Waals surface area contributed by atoms with Gasteiger partial charge in [-0.3, -0.25) is 14.1 Å². The van der Waals surface area contributed by atoms with Crippen molar-refractivity contribution in [2.75, 3.05) is 13.2 Å². The molecule has 0 aromatic carbocycles. The summed E-state index contributed by atoms with van der Waals surface area (Å²) in [5.74, 6) is -0.987. The van der Waals surface area contributed by atoms with Gasteiger partial charge in [0.2, 0.25) is 0 Å². The quantitative estimate of drug-likeness (QED) is 0.0212. The summed E-state index contributed by atoms with van der Waals surface area (Å²) in [6.07, 6.45) is 54.2.